The Morgan fingerprint density at radius 2 is 1.74 bits per heavy atom. The molecule has 0 bridgehead atoms. The van der Waals surface area contributed by atoms with E-state index < -0.39 is 0 Å². The first-order valence-electron chi connectivity index (χ1n) is 8.88. The average molecular weight is 349 g/mol. The second-order valence-electron chi connectivity index (χ2n) is 6.58. The highest BCUT2D eigenvalue weighted by molar-refractivity contribution is 5.94. The van der Waals surface area contributed by atoms with E-state index in [9.17, 15) is 5.26 Å². The van der Waals surface area contributed by atoms with Gasteiger partial charge in [-0.1, -0.05) is 42.5 Å². The van der Waals surface area contributed by atoms with Crippen LogP contribution in [0.25, 0.3) is 28.2 Å². The highest BCUT2D eigenvalue weighted by atomic mass is 15.1. The molecule has 0 aliphatic heterocycles. The van der Waals surface area contributed by atoms with Crippen LogP contribution in [0.5, 0.6) is 0 Å². The highest BCUT2D eigenvalue weighted by Crippen LogP contribution is 2.26. The van der Waals surface area contributed by atoms with Crippen LogP contribution in [-0.4, -0.2) is 9.55 Å². The fourth-order valence-corrected chi connectivity index (χ4v) is 3.46. The van der Waals surface area contributed by atoms with E-state index in [1.165, 1.54) is 5.39 Å². The molecular weight excluding hydrogens is 330 g/mol. The Morgan fingerprint density at radius 3 is 2.48 bits per heavy atom. The van der Waals surface area contributed by atoms with Crippen molar-refractivity contribution in [1.82, 2.24) is 9.55 Å². The zero-order valence-electron chi connectivity index (χ0n) is 15.3. The third-order valence-corrected chi connectivity index (χ3v) is 4.83. The van der Waals surface area contributed by atoms with E-state index in [0.717, 1.165) is 33.7 Å². The van der Waals surface area contributed by atoms with E-state index >= 15 is 0 Å². The van der Waals surface area contributed by atoms with Crippen LogP contribution in [0, 0.1) is 25.2 Å². The van der Waals surface area contributed by atoms with E-state index in [1.807, 2.05) is 42.5 Å². The normalized spacial score (nSPS) is 11.5. The first-order valence-corrected chi connectivity index (χ1v) is 8.88. The molecule has 130 valence electrons. The summed E-state index contributed by atoms with van der Waals surface area (Å²) >= 11 is 0. The van der Waals surface area contributed by atoms with E-state index in [4.69, 9.17) is 0 Å². The van der Waals surface area contributed by atoms with Crippen molar-refractivity contribution < 1.29 is 0 Å². The van der Waals surface area contributed by atoms with Gasteiger partial charge in [-0.2, -0.15) is 5.26 Å². The van der Waals surface area contributed by atoms with Crippen molar-refractivity contribution >= 4 is 22.4 Å². The molecule has 0 unspecified atom stereocenters. The fraction of sp³-hybridized carbons (Fsp3) is 0.0833. The number of nitrogens with zero attached hydrogens (tertiary/aromatic N) is 3. The van der Waals surface area contributed by atoms with Crippen LogP contribution in [0.1, 0.15) is 22.5 Å². The highest BCUT2D eigenvalue weighted by Gasteiger charge is 2.11. The minimum atomic E-state index is 0.655. The van der Waals surface area contributed by atoms with Crippen LogP contribution in [-0.2, 0) is 0 Å². The van der Waals surface area contributed by atoms with E-state index in [2.05, 4.69) is 59.8 Å². The van der Waals surface area contributed by atoms with Crippen LogP contribution >= 0.6 is 0 Å². The van der Waals surface area contributed by atoms with Crippen molar-refractivity contribution in [2.45, 2.75) is 13.8 Å². The molecule has 4 rings (SSSR count). The van der Waals surface area contributed by atoms with Crippen LogP contribution in [0.4, 0.5) is 0 Å². The molecule has 3 nitrogen and oxygen atoms in total. The first-order chi connectivity index (χ1) is 13.2. The average Bonchev–Trinajstić information content (AvgIpc) is 2.99. The zero-order chi connectivity index (χ0) is 18.8. The molecule has 4 aromatic rings. The molecule has 0 saturated carbocycles. The maximum absolute atomic E-state index is 9.76. The van der Waals surface area contributed by atoms with Gasteiger partial charge in [0.1, 0.15) is 5.82 Å². The van der Waals surface area contributed by atoms with Gasteiger partial charge in [0, 0.05) is 17.6 Å². The van der Waals surface area contributed by atoms with Crippen molar-refractivity contribution in [2.24, 2.45) is 0 Å². The molecule has 0 aliphatic carbocycles. The van der Waals surface area contributed by atoms with Gasteiger partial charge in [-0.3, -0.25) is 0 Å². The van der Waals surface area contributed by atoms with Gasteiger partial charge in [-0.05, 0) is 66.1 Å². The summed E-state index contributed by atoms with van der Waals surface area (Å²) in [5.74, 6) is 0.886. The molecule has 2 heterocycles. The molecule has 0 saturated heterocycles. The van der Waals surface area contributed by atoms with Gasteiger partial charge >= 0.3 is 0 Å². The summed E-state index contributed by atoms with van der Waals surface area (Å²) in [7, 11) is 0. The van der Waals surface area contributed by atoms with Gasteiger partial charge in [0.15, 0.2) is 0 Å². The summed E-state index contributed by atoms with van der Waals surface area (Å²) in [4.78, 5) is 4.45. The maximum Gasteiger partial charge on any atom is 0.136 e. The molecule has 3 heteroatoms. The summed E-state index contributed by atoms with van der Waals surface area (Å²) in [6.07, 6.45) is 3.76. The van der Waals surface area contributed by atoms with Crippen LogP contribution in [0.2, 0.25) is 0 Å². The Morgan fingerprint density at radius 1 is 0.963 bits per heavy atom. The molecule has 0 radical (unpaired) electrons. The third kappa shape index (κ3) is 3.14. The Balaban J connectivity index is 1.80. The van der Waals surface area contributed by atoms with Crippen molar-refractivity contribution in [3.05, 3.63) is 95.4 Å². The van der Waals surface area contributed by atoms with Crippen molar-refractivity contribution in [2.75, 3.05) is 0 Å². The lowest BCUT2D eigenvalue weighted by molar-refractivity contribution is 0.921. The first kappa shape index (κ1) is 16.8. The summed E-state index contributed by atoms with van der Waals surface area (Å²) < 4.78 is 2.11. The second-order valence-corrected chi connectivity index (χ2v) is 6.58. The Kier molecular flexibility index (Phi) is 4.32. The Bertz CT molecular complexity index is 1190. The number of aryl methyl sites for hydroxylation is 1. The third-order valence-electron chi connectivity index (χ3n) is 4.83. The molecule has 0 atom stereocenters. The topological polar surface area (TPSA) is 41.6 Å². The van der Waals surface area contributed by atoms with E-state index in [1.54, 1.807) is 6.20 Å². The number of nitriles is 1. The predicted molar refractivity (Wildman–Crippen MR) is 110 cm³/mol. The number of benzene rings is 2. The Labute approximate surface area is 158 Å². The number of pyridine rings is 1. The minimum absolute atomic E-state index is 0.655. The van der Waals surface area contributed by atoms with Crippen molar-refractivity contribution in [1.29, 1.82) is 5.26 Å². The molecule has 0 amide bonds. The molecule has 0 N–H and O–H groups in total. The summed E-state index contributed by atoms with van der Waals surface area (Å²) in [5.41, 5.74) is 4.77. The molecule has 27 heavy (non-hydrogen) atoms. The number of allylic oxidation sites excluding steroid dienone is 1. The quantitative estimate of drug-likeness (QED) is 0.445. The lowest BCUT2D eigenvalue weighted by Crippen LogP contribution is -2.01. The standard InChI is InChI=1S/C24H19N3/c1-17-13-22(18(2)27(17)24-9-5-6-12-26-24)15-23(16-25)21-11-10-19-7-3-4-8-20(19)14-21/h3-15H,1-2H3. The number of hydrogen-bond acceptors (Lipinski definition) is 2. The SMILES string of the molecule is Cc1cc(C=C(C#N)c2ccc3ccccc3c2)c(C)n1-c1ccccn1. The monoisotopic (exact) mass is 349 g/mol. The lowest BCUT2D eigenvalue weighted by atomic mass is 10.0. The molecule has 0 spiro atoms. The number of fused-ring (bicyclic) bond motifs is 1. The number of hydrogen-bond donors (Lipinski definition) is 0. The number of aromatic nitrogens is 2. The smallest absolute Gasteiger partial charge is 0.136 e. The predicted octanol–water partition coefficient (Wildman–Crippen LogP) is 5.71. The van der Waals surface area contributed by atoms with Gasteiger partial charge in [-0.15, -0.1) is 0 Å². The molecule has 0 aliphatic rings. The molecule has 2 aromatic carbocycles. The molecule has 0 fully saturated rings. The van der Waals surface area contributed by atoms with Crippen LogP contribution in [0.15, 0.2) is 72.9 Å². The van der Waals surface area contributed by atoms with Gasteiger partial charge in [0.05, 0.1) is 11.6 Å². The lowest BCUT2D eigenvalue weighted by Gasteiger charge is -2.08. The zero-order valence-corrected chi connectivity index (χ0v) is 15.3. The largest absolute Gasteiger partial charge is 0.303 e. The second kappa shape index (κ2) is 6.93. The maximum atomic E-state index is 9.76. The molecule has 2 aromatic heterocycles. The van der Waals surface area contributed by atoms with Gasteiger partial charge in [-0.25, -0.2) is 4.98 Å². The Hall–Kier alpha value is -3.64. The minimum Gasteiger partial charge on any atom is -0.303 e. The molecular formula is C24H19N3. The summed E-state index contributed by atoms with van der Waals surface area (Å²) in [5, 5.41) is 12.1. The van der Waals surface area contributed by atoms with Gasteiger partial charge < -0.3 is 4.57 Å². The number of rotatable bonds is 3. The summed E-state index contributed by atoms with van der Waals surface area (Å²) in [6.45, 7) is 4.12. The van der Waals surface area contributed by atoms with E-state index in [-0.39, 0.29) is 0 Å². The van der Waals surface area contributed by atoms with Crippen molar-refractivity contribution in [3.8, 4) is 11.9 Å². The van der Waals surface area contributed by atoms with Crippen LogP contribution in [0.3, 0.4) is 0 Å². The summed E-state index contributed by atoms with van der Waals surface area (Å²) in [6, 6.07) is 24.7. The van der Waals surface area contributed by atoms with Crippen molar-refractivity contribution in [3.63, 3.8) is 0 Å². The van der Waals surface area contributed by atoms with E-state index in [0.29, 0.717) is 5.57 Å². The van der Waals surface area contributed by atoms with Crippen LogP contribution < -0.4 is 0 Å². The fourth-order valence-electron chi connectivity index (χ4n) is 3.46. The van der Waals surface area contributed by atoms with Gasteiger partial charge in [0.2, 0.25) is 0 Å². The van der Waals surface area contributed by atoms with Gasteiger partial charge in [0.25, 0.3) is 0 Å².